The molecule has 12 N–H and O–H groups in total. The summed E-state index contributed by atoms with van der Waals surface area (Å²) in [4.78, 5) is 34.3. The van der Waals surface area contributed by atoms with Gasteiger partial charge >= 0.3 is 17.7 Å². The lowest BCUT2D eigenvalue weighted by Gasteiger charge is -2.22. The Morgan fingerprint density at radius 2 is 1.56 bits per heavy atom. The summed E-state index contributed by atoms with van der Waals surface area (Å²) in [6.07, 6.45) is 0. The van der Waals surface area contributed by atoms with Crippen molar-refractivity contribution in [3.63, 3.8) is 0 Å². The number of aromatic amines is 2. The standard InChI is InChI=1S/C16H14Br2N6O10/c17-4-6(19)7(25)2(8(26)9(4)27)3-10(20)21-14(30)24-13(3)33-1-16(31,32)34-15-22-11(28)5(18)12(29)23-15/h25-27,31-32H,1,19H2,(H3,20,21,24,30)(H2,22,23,28,29). The smallest absolute Gasteiger partial charge is 0.360 e. The summed E-state index contributed by atoms with van der Waals surface area (Å²) in [6.45, 7) is -1.23. The molecule has 0 radical (unpaired) electrons. The summed E-state index contributed by atoms with van der Waals surface area (Å²) in [5.41, 5.74) is 7.94. The van der Waals surface area contributed by atoms with E-state index in [4.69, 9.17) is 16.2 Å². The first-order valence-corrected chi connectivity index (χ1v) is 10.2. The van der Waals surface area contributed by atoms with Gasteiger partial charge in [0, 0.05) is 0 Å². The van der Waals surface area contributed by atoms with E-state index in [1.807, 2.05) is 4.98 Å². The molecule has 0 aliphatic carbocycles. The first-order chi connectivity index (χ1) is 15.7. The Morgan fingerprint density at radius 3 is 2.18 bits per heavy atom. The molecule has 0 saturated heterocycles. The van der Waals surface area contributed by atoms with Crippen molar-refractivity contribution in [1.29, 1.82) is 0 Å². The fraction of sp³-hybridized carbons (Fsp3) is 0.125. The Hall–Kier alpha value is -3.74. The van der Waals surface area contributed by atoms with Crippen LogP contribution in [0.5, 0.6) is 35.0 Å². The van der Waals surface area contributed by atoms with Gasteiger partial charge in [0.1, 0.15) is 10.3 Å². The highest BCUT2D eigenvalue weighted by atomic mass is 79.9. The van der Waals surface area contributed by atoms with Crippen molar-refractivity contribution in [3.05, 3.63) is 29.8 Å². The molecule has 2 aromatic heterocycles. The van der Waals surface area contributed by atoms with E-state index < -0.39 is 81.5 Å². The first kappa shape index (κ1) is 24.9. The van der Waals surface area contributed by atoms with Crippen molar-refractivity contribution in [1.82, 2.24) is 19.9 Å². The molecule has 182 valence electrons. The molecule has 2 heterocycles. The van der Waals surface area contributed by atoms with Crippen LogP contribution in [0.25, 0.3) is 11.1 Å². The van der Waals surface area contributed by atoms with Gasteiger partial charge in [0.05, 0.1) is 21.3 Å². The molecule has 0 saturated carbocycles. The number of phenols is 3. The molecule has 16 nitrogen and oxygen atoms in total. The highest BCUT2D eigenvalue weighted by Crippen LogP contribution is 2.53. The lowest BCUT2D eigenvalue weighted by atomic mass is 10.0. The van der Waals surface area contributed by atoms with E-state index in [1.54, 1.807) is 0 Å². The largest absolute Gasteiger partial charge is 0.505 e. The zero-order valence-electron chi connectivity index (χ0n) is 16.3. The Morgan fingerprint density at radius 1 is 0.912 bits per heavy atom. The molecule has 0 unspecified atom stereocenters. The van der Waals surface area contributed by atoms with Gasteiger partial charge in [-0.2, -0.15) is 9.97 Å². The Kier molecular flexibility index (Phi) is 6.51. The molecule has 34 heavy (non-hydrogen) atoms. The van der Waals surface area contributed by atoms with E-state index in [2.05, 4.69) is 51.5 Å². The van der Waals surface area contributed by atoms with Crippen LogP contribution in [0.2, 0.25) is 0 Å². The second-order valence-corrected chi connectivity index (χ2v) is 8.01. The third-order valence-corrected chi connectivity index (χ3v) is 5.57. The summed E-state index contributed by atoms with van der Waals surface area (Å²) in [7, 11) is 0. The van der Waals surface area contributed by atoms with E-state index in [1.165, 1.54) is 0 Å². The van der Waals surface area contributed by atoms with Crippen LogP contribution in [-0.2, 0) is 0 Å². The number of aromatic nitrogens is 4. The number of anilines is 2. The number of ether oxygens (including phenoxy) is 2. The summed E-state index contributed by atoms with van der Waals surface area (Å²) in [5, 5.41) is 60.4. The number of nitrogens with zero attached hydrogens (tertiary/aromatic N) is 2. The normalized spacial score (nSPS) is 11.4. The highest BCUT2D eigenvalue weighted by Gasteiger charge is 2.32. The van der Waals surface area contributed by atoms with Crippen LogP contribution in [0.4, 0.5) is 11.5 Å². The van der Waals surface area contributed by atoms with Gasteiger partial charge in [-0.05, 0) is 31.9 Å². The number of H-pyrrole nitrogens is 2. The number of nitrogens with two attached hydrogens (primary N) is 2. The van der Waals surface area contributed by atoms with Crippen LogP contribution in [0, 0.1) is 0 Å². The van der Waals surface area contributed by atoms with E-state index in [9.17, 15) is 40.2 Å². The molecule has 1 aromatic carbocycles. The molecular weight excluding hydrogens is 596 g/mol. The summed E-state index contributed by atoms with van der Waals surface area (Å²) in [6, 6.07) is -0.821. The Labute approximate surface area is 203 Å². The number of hydrogen-bond acceptors (Lipinski definition) is 14. The van der Waals surface area contributed by atoms with E-state index in [0.717, 1.165) is 0 Å². The Balaban J connectivity index is 2.02. The van der Waals surface area contributed by atoms with Gasteiger partial charge in [-0.1, -0.05) is 0 Å². The maximum absolute atomic E-state index is 11.8. The third kappa shape index (κ3) is 4.64. The first-order valence-electron chi connectivity index (χ1n) is 8.60. The molecule has 0 amide bonds. The molecular formula is C16H14Br2N6O10. The van der Waals surface area contributed by atoms with Gasteiger partial charge < -0.3 is 51.6 Å². The molecule has 0 aliphatic heterocycles. The number of aromatic hydroxyl groups is 4. The average Bonchev–Trinajstić information content (AvgIpc) is 2.74. The van der Waals surface area contributed by atoms with Crippen LogP contribution in [0.1, 0.15) is 0 Å². The lowest BCUT2D eigenvalue weighted by molar-refractivity contribution is -0.307. The second kappa shape index (κ2) is 8.89. The van der Waals surface area contributed by atoms with Crippen molar-refractivity contribution in [2.45, 2.75) is 5.97 Å². The predicted octanol–water partition coefficient (Wildman–Crippen LogP) is -0.872. The minimum atomic E-state index is -3.24. The maximum atomic E-state index is 11.8. The molecule has 0 atom stereocenters. The molecule has 0 spiro atoms. The number of nitrogen functional groups attached to an aromatic ring is 2. The average molecular weight is 610 g/mol. The predicted molar refractivity (Wildman–Crippen MR) is 119 cm³/mol. The van der Waals surface area contributed by atoms with Gasteiger partial charge in [0.15, 0.2) is 23.9 Å². The molecule has 3 rings (SSSR count). The van der Waals surface area contributed by atoms with Crippen LogP contribution >= 0.6 is 31.9 Å². The quantitative estimate of drug-likeness (QED) is 0.0703. The van der Waals surface area contributed by atoms with Gasteiger partial charge in [-0.15, -0.1) is 0 Å². The Bertz CT molecular complexity index is 1380. The SMILES string of the molecule is Nc1[nH]c(=O)nc(OCC(O)(O)Oc2nc(O)c(Br)c(=O)[nH]2)c1-c1c(O)c(N)c(Br)c(O)c1O. The van der Waals surface area contributed by atoms with Crippen LogP contribution < -0.4 is 32.2 Å². The van der Waals surface area contributed by atoms with E-state index in [0.29, 0.717) is 0 Å². The molecule has 18 heteroatoms. The van der Waals surface area contributed by atoms with Crippen LogP contribution in [0.3, 0.4) is 0 Å². The van der Waals surface area contributed by atoms with Crippen molar-refractivity contribution >= 4 is 43.4 Å². The number of benzene rings is 1. The number of phenolic OH excluding ortho intramolecular Hbond substituents is 3. The summed E-state index contributed by atoms with van der Waals surface area (Å²) in [5.74, 6) is -7.87. The van der Waals surface area contributed by atoms with Gasteiger partial charge in [0.25, 0.3) is 5.56 Å². The molecule has 0 bridgehead atoms. The number of halogens is 2. The second-order valence-electron chi connectivity index (χ2n) is 6.43. The zero-order valence-corrected chi connectivity index (χ0v) is 19.5. The van der Waals surface area contributed by atoms with Gasteiger partial charge in [-0.25, -0.2) is 4.79 Å². The number of aliphatic hydroxyl groups is 2. The molecule has 0 fully saturated rings. The topological polar surface area (TPSA) is 283 Å². The highest BCUT2D eigenvalue weighted by molar-refractivity contribution is 9.11. The summed E-state index contributed by atoms with van der Waals surface area (Å²) >= 11 is 5.61. The van der Waals surface area contributed by atoms with Crippen molar-refractivity contribution in [2.24, 2.45) is 0 Å². The van der Waals surface area contributed by atoms with E-state index in [-0.39, 0.29) is 8.95 Å². The third-order valence-electron chi connectivity index (χ3n) is 4.06. The summed E-state index contributed by atoms with van der Waals surface area (Å²) < 4.78 is 9.19. The van der Waals surface area contributed by atoms with E-state index >= 15 is 0 Å². The maximum Gasteiger partial charge on any atom is 0.360 e. The van der Waals surface area contributed by atoms with Gasteiger partial charge in [-0.3, -0.25) is 14.8 Å². The number of nitrogens with one attached hydrogen (secondary N) is 2. The van der Waals surface area contributed by atoms with Crippen LogP contribution in [0.15, 0.2) is 18.5 Å². The minimum absolute atomic E-state index is 0.248. The lowest BCUT2D eigenvalue weighted by Crippen LogP contribution is -2.43. The fourth-order valence-corrected chi connectivity index (χ4v) is 3.14. The van der Waals surface area contributed by atoms with Crippen molar-refractivity contribution in [3.8, 4) is 46.1 Å². The van der Waals surface area contributed by atoms with Gasteiger partial charge in [0.2, 0.25) is 11.8 Å². The van der Waals surface area contributed by atoms with Crippen LogP contribution in [-0.4, -0.2) is 63.2 Å². The zero-order chi connectivity index (χ0) is 25.5. The molecule has 0 aliphatic rings. The fourth-order valence-electron chi connectivity index (χ4n) is 2.57. The number of rotatable bonds is 6. The van der Waals surface area contributed by atoms with Crippen molar-refractivity contribution in [2.75, 3.05) is 18.1 Å². The monoisotopic (exact) mass is 608 g/mol. The number of hydrogen-bond donors (Lipinski definition) is 10. The van der Waals surface area contributed by atoms with Crippen molar-refractivity contribution < 1.29 is 40.1 Å². The minimum Gasteiger partial charge on any atom is -0.505 e. The molecule has 3 aromatic rings.